The van der Waals surface area contributed by atoms with Gasteiger partial charge in [0.2, 0.25) is 0 Å². The minimum Gasteiger partial charge on any atom is -0.411 e. The zero-order valence-corrected chi connectivity index (χ0v) is 10.7. The van der Waals surface area contributed by atoms with Gasteiger partial charge in [0.25, 0.3) is 0 Å². The maximum Gasteiger partial charge on any atom is 0.184 e. The predicted octanol–water partition coefficient (Wildman–Crippen LogP) is 2.02. The fourth-order valence-electron chi connectivity index (χ4n) is 3.93. The average Bonchev–Trinajstić information content (AvgIpc) is 2.54. The molecule has 0 aromatic heterocycles. The lowest BCUT2D eigenvalue weighted by atomic mass is 9.99. The molecule has 1 N–H and O–H groups in total. The van der Waals surface area contributed by atoms with Gasteiger partial charge < -0.3 is 9.53 Å². The van der Waals surface area contributed by atoms with Gasteiger partial charge in [0.15, 0.2) is 8.32 Å². The quantitative estimate of drug-likeness (QED) is 0.587. The summed E-state index contributed by atoms with van der Waals surface area (Å²) in [5, 5.41) is 9.37. The number of aliphatic hydroxyl groups is 1. The lowest BCUT2D eigenvalue weighted by Gasteiger charge is -2.28. The first kappa shape index (κ1) is 10.1. The van der Waals surface area contributed by atoms with Gasteiger partial charge in [0.1, 0.15) is 0 Å². The summed E-state index contributed by atoms with van der Waals surface area (Å²) in [5.41, 5.74) is 0.137. The predicted molar refractivity (Wildman–Crippen MR) is 62.0 cm³/mol. The largest absolute Gasteiger partial charge is 0.411 e. The van der Waals surface area contributed by atoms with E-state index in [4.69, 9.17) is 4.43 Å². The monoisotopic (exact) mass is 224 g/mol. The molecule has 0 amide bonds. The van der Waals surface area contributed by atoms with Gasteiger partial charge in [-0.05, 0) is 32.0 Å². The van der Waals surface area contributed by atoms with Crippen LogP contribution in [-0.2, 0) is 4.43 Å². The second kappa shape index (κ2) is 2.76. The molecular formula is C12H20O2Si. The average molecular weight is 224 g/mol. The highest BCUT2D eigenvalue weighted by atomic mass is 28.4. The molecular weight excluding hydrogens is 204 g/mol. The molecule has 5 atom stereocenters. The molecule has 2 saturated carbocycles. The first-order valence-corrected chi connectivity index (χ1v) is 9.39. The Morgan fingerprint density at radius 2 is 2.13 bits per heavy atom. The smallest absolute Gasteiger partial charge is 0.184 e. The SMILES string of the molecule is C[Si](C)(C)OC12C3C=C[C@@H]1[C@@H]2[C@H](CO)C3. The summed E-state index contributed by atoms with van der Waals surface area (Å²) >= 11 is 0. The van der Waals surface area contributed by atoms with Crippen molar-refractivity contribution in [1.82, 2.24) is 0 Å². The molecule has 0 bridgehead atoms. The number of rotatable bonds is 3. The Hall–Kier alpha value is -0.123. The third kappa shape index (κ3) is 1.17. The third-order valence-electron chi connectivity index (χ3n) is 4.23. The lowest BCUT2D eigenvalue weighted by molar-refractivity contribution is 0.127. The Balaban J connectivity index is 1.85. The van der Waals surface area contributed by atoms with Crippen LogP contribution >= 0.6 is 0 Å². The van der Waals surface area contributed by atoms with E-state index in [0.717, 1.165) is 6.42 Å². The maximum atomic E-state index is 9.37. The van der Waals surface area contributed by atoms with Crippen LogP contribution in [0.15, 0.2) is 12.2 Å². The van der Waals surface area contributed by atoms with Crippen molar-refractivity contribution in [2.24, 2.45) is 23.7 Å². The number of fused-ring (bicyclic) bond motifs is 1. The zero-order chi connectivity index (χ0) is 10.8. The first-order valence-electron chi connectivity index (χ1n) is 5.98. The summed E-state index contributed by atoms with van der Waals surface area (Å²) in [4.78, 5) is 0. The third-order valence-corrected chi connectivity index (χ3v) is 5.20. The topological polar surface area (TPSA) is 29.5 Å². The highest BCUT2D eigenvalue weighted by Gasteiger charge is 2.76. The van der Waals surface area contributed by atoms with Crippen LogP contribution in [0.3, 0.4) is 0 Å². The molecule has 0 aliphatic heterocycles. The second-order valence-corrected chi connectivity index (χ2v) is 10.7. The van der Waals surface area contributed by atoms with Crippen molar-refractivity contribution in [2.45, 2.75) is 31.7 Å². The fourth-order valence-corrected chi connectivity index (χ4v) is 5.42. The van der Waals surface area contributed by atoms with Crippen LogP contribution in [0.5, 0.6) is 0 Å². The highest BCUT2D eigenvalue weighted by molar-refractivity contribution is 6.69. The highest BCUT2D eigenvalue weighted by Crippen LogP contribution is 2.72. The van der Waals surface area contributed by atoms with Gasteiger partial charge in [0.05, 0.1) is 5.60 Å². The van der Waals surface area contributed by atoms with E-state index in [1.807, 2.05) is 0 Å². The van der Waals surface area contributed by atoms with Crippen molar-refractivity contribution >= 4 is 8.32 Å². The van der Waals surface area contributed by atoms with E-state index in [1.165, 1.54) is 0 Å². The molecule has 15 heavy (non-hydrogen) atoms. The van der Waals surface area contributed by atoms with Crippen LogP contribution in [0.1, 0.15) is 6.42 Å². The normalized spacial score (nSPS) is 50.9. The van der Waals surface area contributed by atoms with Crippen LogP contribution < -0.4 is 0 Å². The number of hydrogen-bond acceptors (Lipinski definition) is 2. The van der Waals surface area contributed by atoms with E-state index in [1.54, 1.807) is 0 Å². The van der Waals surface area contributed by atoms with Crippen molar-refractivity contribution in [3.8, 4) is 0 Å². The Morgan fingerprint density at radius 3 is 2.67 bits per heavy atom. The van der Waals surface area contributed by atoms with E-state index in [2.05, 4.69) is 31.8 Å². The summed E-state index contributed by atoms with van der Waals surface area (Å²) in [6.07, 6.45) is 5.81. The van der Waals surface area contributed by atoms with E-state index >= 15 is 0 Å². The second-order valence-electron chi connectivity index (χ2n) is 6.29. The molecule has 0 heterocycles. The van der Waals surface area contributed by atoms with Crippen molar-refractivity contribution in [3.05, 3.63) is 12.2 Å². The van der Waals surface area contributed by atoms with Gasteiger partial charge in [0, 0.05) is 24.4 Å². The van der Waals surface area contributed by atoms with Crippen LogP contribution in [0.25, 0.3) is 0 Å². The first-order chi connectivity index (χ1) is 6.99. The van der Waals surface area contributed by atoms with Crippen molar-refractivity contribution < 1.29 is 9.53 Å². The van der Waals surface area contributed by atoms with Crippen LogP contribution in [0.4, 0.5) is 0 Å². The minimum atomic E-state index is -1.46. The van der Waals surface area contributed by atoms with Gasteiger partial charge in [-0.2, -0.15) is 0 Å². The Labute approximate surface area is 92.5 Å². The van der Waals surface area contributed by atoms with Gasteiger partial charge in [-0.25, -0.2) is 0 Å². The summed E-state index contributed by atoms with van der Waals surface area (Å²) < 4.78 is 6.44. The lowest BCUT2D eigenvalue weighted by Crippen LogP contribution is -2.37. The van der Waals surface area contributed by atoms with Gasteiger partial charge in [-0.3, -0.25) is 0 Å². The number of hydrogen-bond donors (Lipinski definition) is 1. The molecule has 2 nitrogen and oxygen atoms in total. The maximum absolute atomic E-state index is 9.37. The fraction of sp³-hybridized carbons (Fsp3) is 0.833. The molecule has 2 unspecified atom stereocenters. The minimum absolute atomic E-state index is 0.137. The molecule has 3 heteroatoms. The Morgan fingerprint density at radius 1 is 1.40 bits per heavy atom. The number of aliphatic hydroxyl groups excluding tert-OH is 1. The van der Waals surface area contributed by atoms with Gasteiger partial charge in [-0.15, -0.1) is 0 Å². The molecule has 0 spiro atoms. The van der Waals surface area contributed by atoms with Gasteiger partial charge in [-0.1, -0.05) is 12.2 Å². The summed E-state index contributed by atoms with van der Waals surface area (Å²) in [6, 6.07) is 0. The molecule has 84 valence electrons. The van der Waals surface area contributed by atoms with Crippen molar-refractivity contribution in [2.75, 3.05) is 6.61 Å². The molecule has 0 radical (unpaired) electrons. The van der Waals surface area contributed by atoms with Crippen molar-refractivity contribution in [3.63, 3.8) is 0 Å². The molecule has 0 aromatic rings. The Kier molecular flexibility index (Phi) is 1.85. The van der Waals surface area contributed by atoms with E-state index in [-0.39, 0.29) is 5.60 Å². The standard InChI is InChI=1S/C12H20O2Si/c1-15(2,3)14-12-9-4-5-10(12)11(12)8(6-9)7-13/h4-5,8-11,13H,6-7H2,1-3H3/t8-,9?,10+,11-,12?/m0/s1. The van der Waals surface area contributed by atoms with E-state index < -0.39 is 8.32 Å². The van der Waals surface area contributed by atoms with Crippen molar-refractivity contribution in [1.29, 1.82) is 0 Å². The molecule has 3 aliphatic rings. The molecule has 3 aliphatic carbocycles. The summed E-state index contributed by atoms with van der Waals surface area (Å²) in [7, 11) is -1.46. The van der Waals surface area contributed by atoms with Gasteiger partial charge >= 0.3 is 0 Å². The van der Waals surface area contributed by atoms with Crippen LogP contribution in [0.2, 0.25) is 19.6 Å². The van der Waals surface area contributed by atoms with Crippen LogP contribution in [-0.4, -0.2) is 25.6 Å². The Bertz CT molecular complexity index is 320. The van der Waals surface area contributed by atoms with Crippen LogP contribution in [0, 0.1) is 23.7 Å². The van der Waals surface area contributed by atoms with E-state index in [9.17, 15) is 5.11 Å². The molecule has 0 saturated heterocycles. The summed E-state index contributed by atoms with van der Waals surface area (Å²) in [5.74, 6) is 2.34. The molecule has 2 fully saturated rings. The molecule has 3 rings (SSSR count). The zero-order valence-electron chi connectivity index (χ0n) is 9.73. The molecule has 0 aromatic carbocycles. The summed E-state index contributed by atoms with van der Waals surface area (Å²) in [6.45, 7) is 7.14. The van der Waals surface area contributed by atoms with E-state index in [0.29, 0.717) is 30.3 Å².